The molecule has 3 heteroatoms. The minimum atomic E-state index is 0.517. The molecular formula is C16H25N3. The molecule has 1 aliphatic carbocycles. The molecule has 1 aromatic heterocycles. The number of nitrogens with zero attached hydrogens (tertiary/aromatic N) is 2. The highest BCUT2D eigenvalue weighted by Crippen LogP contribution is 2.41. The van der Waals surface area contributed by atoms with Gasteiger partial charge in [0, 0.05) is 12.2 Å². The van der Waals surface area contributed by atoms with Gasteiger partial charge in [-0.3, -0.25) is 9.88 Å². The van der Waals surface area contributed by atoms with E-state index in [0.717, 1.165) is 12.6 Å². The minimum absolute atomic E-state index is 0.517. The lowest BCUT2D eigenvalue weighted by molar-refractivity contribution is 0.142. The molecule has 0 amide bonds. The first kappa shape index (κ1) is 13.1. The van der Waals surface area contributed by atoms with Gasteiger partial charge in [-0.15, -0.1) is 0 Å². The average Bonchev–Trinajstić information content (AvgIpc) is 3.26. The fourth-order valence-electron chi connectivity index (χ4n) is 3.52. The first-order chi connectivity index (χ1) is 9.40. The van der Waals surface area contributed by atoms with Gasteiger partial charge < -0.3 is 5.32 Å². The maximum atomic E-state index is 4.67. The Kier molecular flexibility index (Phi) is 4.14. The van der Waals surface area contributed by atoms with Crippen LogP contribution in [0.15, 0.2) is 24.4 Å². The van der Waals surface area contributed by atoms with Gasteiger partial charge in [-0.25, -0.2) is 0 Å². The van der Waals surface area contributed by atoms with Crippen LogP contribution < -0.4 is 5.32 Å². The number of hydrogen-bond donors (Lipinski definition) is 1. The Hall–Kier alpha value is -0.930. The second-order valence-corrected chi connectivity index (χ2v) is 5.98. The molecule has 2 fully saturated rings. The van der Waals surface area contributed by atoms with Gasteiger partial charge >= 0.3 is 0 Å². The summed E-state index contributed by atoms with van der Waals surface area (Å²) in [6, 6.07) is 7.71. The van der Waals surface area contributed by atoms with Gasteiger partial charge in [0.2, 0.25) is 0 Å². The van der Waals surface area contributed by atoms with E-state index in [-0.39, 0.29) is 0 Å². The average molecular weight is 259 g/mol. The van der Waals surface area contributed by atoms with Crippen LogP contribution in [0.4, 0.5) is 0 Å². The van der Waals surface area contributed by atoms with Gasteiger partial charge in [-0.1, -0.05) is 12.5 Å². The Morgan fingerprint density at radius 3 is 2.84 bits per heavy atom. The first-order valence-corrected chi connectivity index (χ1v) is 7.71. The summed E-state index contributed by atoms with van der Waals surface area (Å²) in [7, 11) is 2.07. The highest BCUT2D eigenvalue weighted by molar-refractivity contribution is 5.12. The van der Waals surface area contributed by atoms with E-state index in [2.05, 4.69) is 34.4 Å². The largest absolute Gasteiger partial charge is 0.319 e. The molecule has 1 aliphatic heterocycles. The van der Waals surface area contributed by atoms with Crippen molar-refractivity contribution in [1.29, 1.82) is 0 Å². The predicted molar refractivity (Wildman–Crippen MR) is 78.0 cm³/mol. The monoisotopic (exact) mass is 259 g/mol. The van der Waals surface area contributed by atoms with Crippen LogP contribution in [-0.2, 0) is 0 Å². The molecule has 2 unspecified atom stereocenters. The molecule has 0 radical (unpaired) electrons. The van der Waals surface area contributed by atoms with E-state index in [0.29, 0.717) is 12.0 Å². The van der Waals surface area contributed by atoms with Gasteiger partial charge in [0.1, 0.15) is 0 Å². The lowest BCUT2D eigenvalue weighted by Gasteiger charge is -2.35. The third-order valence-electron chi connectivity index (χ3n) is 4.52. The quantitative estimate of drug-likeness (QED) is 0.901. The zero-order valence-corrected chi connectivity index (χ0v) is 11.9. The normalized spacial score (nSPS) is 29.1. The lowest BCUT2D eigenvalue weighted by Crippen LogP contribution is -2.38. The Bertz CT molecular complexity index is 388. The van der Waals surface area contributed by atoms with Crippen molar-refractivity contribution in [2.75, 3.05) is 20.1 Å². The Morgan fingerprint density at radius 2 is 2.16 bits per heavy atom. The third-order valence-corrected chi connectivity index (χ3v) is 4.52. The Labute approximate surface area is 116 Å². The summed E-state index contributed by atoms with van der Waals surface area (Å²) < 4.78 is 0. The van der Waals surface area contributed by atoms with Gasteiger partial charge in [0.05, 0.1) is 11.7 Å². The highest BCUT2D eigenvalue weighted by atomic mass is 15.2. The lowest BCUT2D eigenvalue weighted by atomic mass is 9.91. The van der Waals surface area contributed by atoms with Crippen molar-refractivity contribution in [2.24, 2.45) is 5.92 Å². The van der Waals surface area contributed by atoms with E-state index < -0.39 is 0 Å². The summed E-state index contributed by atoms with van der Waals surface area (Å²) in [5.41, 5.74) is 1.27. The number of likely N-dealkylation sites (tertiary alicyclic amines) is 1. The van der Waals surface area contributed by atoms with Gasteiger partial charge in [0.25, 0.3) is 0 Å². The molecule has 0 aromatic carbocycles. The van der Waals surface area contributed by atoms with E-state index in [1.54, 1.807) is 0 Å². The summed E-state index contributed by atoms with van der Waals surface area (Å²) in [6.07, 6.45) is 8.75. The van der Waals surface area contributed by atoms with Gasteiger partial charge in [-0.05, 0) is 63.9 Å². The number of nitrogens with one attached hydrogen (secondary N) is 1. The Morgan fingerprint density at radius 1 is 1.26 bits per heavy atom. The first-order valence-electron chi connectivity index (χ1n) is 7.71. The van der Waals surface area contributed by atoms with Crippen LogP contribution in [0.2, 0.25) is 0 Å². The van der Waals surface area contributed by atoms with Crippen LogP contribution in [-0.4, -0.2) is 36.1 Å². The predicted octanol–water partition coefficient (Wildman–Crippen LogP) is 2.61. The van der Waals surface area contributed by atoms with Gasteiger partial charge in [0.15, 0.2) is 0 Å². The molecule has 1 saturated heterocycles. The summed E-state index contributed by atoms with van der Waals surface area (Å²) >= 11 is 0. The van der Waals surface area contributed by atoms with Crippen molar-refractivity contribution in [1.82, 2.24) is 15.2 Å². The second kappa shape index (κ2) is 6.02. The molecule has 0 bridgehead atoms. The fraction of sp³-hybridized carbons (Fsp3) is 0.688. The summed E-state index contributed by atoms with van der Waals surface area (Å²) in [5.74, 6) is 0.697. The van der Waals surface area contributed by atoms with Crippen LogP contribution in [0.1, 0.15) is 43.8 Å². The molecule has 1 saturated carbocycles. The molecule has 3 rings (SSSR count). The molecular weight excluding hydrogens is 234 g/mol. The van der Waals surface area contributed by atoms with Crippen LogP contribution in [0.5, 0.6) is 0 Å². The standard InChI is InChI=1S/C16H25N3/c1-17-12-13-6-3-5-11-19(14-8-9-14)16(13)15-7-2-4-10-18-15/h2,4,7,10,13-14,16-17H,3,5-6,8-9,11-12H2,1H3. The molecule has 19 heavy (non-hydrogen) atoms. The molecule has 2 aliphatic rings. The van der Waals surface area contributed by atoms with E-state index in [9.17, 15) is 0 Å². The molecule has 1 aromatic rings. The maximum absolute atomic E-state index is 4.67. The number of rotatable bonds is 4. The van der Waals surface area contributed by atoms with E-state index in [1.807, 2.05) is 12.3 Å². The zero-order valence-electron chi connectivity index (χ0n) is 11.9. The number of hydrogen-bond acceptors (Lipinski definition) is 3. The minimum Gasteiger partial charge on any atom is -0.319 e. The van der Waals surface area contributed by atoms with Crippen molar-refractivity contribution < 1.29 is 0 Å². The van der Waals surface area contributed by atoms with E-state index in [4.69, 9.17) is 0 Å². The molecule has 1 N–H and O–H groups in total. The smallest absolute Gasteiger partial charge is 0.0578 e. The number of pyridine rings is 1. The van der Waals surface area contributed by atoms with Crippen molar-refractivity contribution in [2.45, 2.75) is 44.2 Å². The number of aromatic nitrogens is 1. The van der Waals surface area contributed by atoms with Gasteiger partial charge in [-0.2, -0.15) is 0 Å². The van der Waals surface area contributed by atoms with Crippen LogP contribution >= 0.6 is 0 Å². The Balaban J connectivity index is 1.89. The highest BCUT2D eigenvalue weighted by Gasteiger charge is 2.39. The fourth-order valence-corrected chi connectivity index (χ4v) is 3.52. The molecule has 2 heterocycles. The molecule has 104 valence electrons. The van der Waals surface area contributed by atoms with Crippen molar-refractivity contribution >= 4 is 0 Å². The van der Waals surface area contributed by atoms with Crippen molar-refractivity contribution in [3.63, 3.8) is 0 Å². The third kappa shape index (κ3) is 2.98. The second-order valence-electron chi connectivity index (χ2n) is 5.98. The van der Waals surface area contributed by atoms with E-state index >= 15 is 0 Å². The maximum Gasteiger partial charge on any atom is 0.0578 e. The topological polar surface area (TPSA) is 28.2 Å². The van der Waals surface area contributed by atoms with Crippen molar-refractivity contribution in [3.05, 3.63) is 30.1 Å². The van der Waals surface area contributed by atoms with Crippen LogP contribution in [0, 0.1) is 5.92 Å². The summed E-state index contributed by atoms with van der Waals surface area (Å²) in [5, 5.41) is 3.39. The summed E-state index contributed by atoms with van der Waals surface area (Å²) in [4.78, 5) is 7.41. The van der Waals surface area contributed by atoms with Crippen LogP contribution in [0.3, 0.4) is 0 Å². The molecule has 0 spiro atoms. The van der Waals surface area contributed by atoms with Crippen molar-refractivity contribution in [3.8, 4) is 0 Å². The molecule has 3 nitrogen and oxygen atoms in total. The van der Waals surface area contributed by atoms with Crippen LogP contribution in [0.25, 0.3) is 0 Å². The molecule has 2 atom stereocenters. The zero-order chi connectivity index (χ0) is 13.1. The SMILES string of the molecule is CNCC1CCCCN(C2CC2)C1c1ccccn1. The van der Waals surface area contributed by atoms with E-state index in [1.165, 1.54) is 44.3 Å². The summed E-state index contributed by atoms with van der Waals surface area (Å²) in [6.45, 7) is 2.36.